The lowest BCUT2D eigenvalue weighted by molar-refractivity contribution is -0.140. The molecule has 1 atom stereocenters. The Kier molecular flexibility index (Phi) is 4.96. The summed E-state index contributed by atoms with van der Waals surface area (Å²) in [5.41, 5.74) is 2.70. The molecule has 0 fully saturated rings. The van der Waals surface area contributed by atoms with Gasteiger partial charge in [-0.05, 0) is 24.0 Å². The van der Waals surface area contributed by atoms with Gasteiger partial charge in [-0.2, -0.15) is 0 Å². The van der Waals surface area contributed by atoms with Crippen LogP contribution in [0.25, 0.3) is 21.3 Å². The van der Waals surface area contributed by atoms with Gasteiger partial charge in [-0.1, -0.05) is 45.0 Å². The minimum absolute atomic E-state index is 0.286. The van der Waals surface area contributed by atoms with Gasteiger partial charge >= 0.3 is 5.97 Å². The van der Waals surface area contributed by atoms with Crippen molar-refractivity contribution in [2.75, 3.05) is 0 Å². The van der Waals surface area contributed by atoms with Crippen molar-refractivity contribution in [1.29, 1.82) is 0 Å². The van der Waals surface area contributed by atoms with Gasteiger partial charge in [0.25, 0.3) is 5.56 Å². The van der Waals surface area contributed by atoms with Gasteiger partial charge in [-0.15, -0.1) is 11.3 Å². The van der Waals surface area contributed by atoms with Crippen LogP contribution in [0, 0.1) is 0 Å². The summed E-state index contributed by atoms with van der Waals surface area (Å²) in [5, 5.41) is 11.8. The molecule has 0 spiro atoms. The molecule has 5 nitrogen and oxygen atoms in total. The van der Waals surface area contributed by atoms with Crippen LogP contribution in [0.3, 0.4) is 0 Å². The first-order valence-electron chi connectivity index (χ1n) is 8.70. The number of carboxylic acid groups (broad SMARTS) is 1. The van der Waals surface area contributed by atoms with Crippen LogP contribution < -0.4 is 5.56 Å². The molecule has 0 aliphatic carbocycles. The topological polar surface area (TPSA) is 72.2 Å². The van der Waals surface area contributed by atoms with Crippen LogP contribution in [0.5, 0.6) is 0 Å². The maximum atomic E-state index is 13.2. The molecule has 1 N–H and O–H groups in total. The first-order chi connectivity index (χ1) is 12.3. The Balaban J connectivity index is 2.24. The number of aromatic nitrogens is 2. The molecule has 0 amide bonds. The smallest absolute Gasteiger partial charge is 0.326 e. The van der Waals surface area contributed by atoms with Crippen molar-refractivity contribution in [2.45, 2.75) is 46.1 Å². The maximum Gasteiger partial charge on any atom is 0.326 e. The lowest BCUT2D eigenvalue weighted by Crippen LogP contribution is -2.31. The Morgan fingerprint density at radius 1 is 1.23 bits per heavy atom. The van der Waals surface area contributed by atoms with Crippen LogP contribution in [-0.2, 0) is 11.2 Å². The summed E-state index contributed by atoms with van der Waals surface area (Å²) in [7, 11) is 0. The summed E-state index contributed by atoms with van der Waals surface area (Å²) >= 11 is 1.42. The Morgan fingerprint density at radius 2 is 1.88 bits per heavy atom. The summed E-state index contributed by atoms with van der Waals surface area (Å²) in [6.45, 7) is 7.66. The van der Waals surface area contributed by atoms with E-state index in [1.165, 1.54) is 28.4 Å². The molecule has 3 rings (SSSR count). The molecule has 0 aliphatic rings. The van der Waals surface area contributed by atoms with Crippen LogP contribution in [0.1, 0.15) is 51.0 Å². The van der Waals surface area contributed by atoms with Crippen molar-refractivity contribution in [1.82, 2.24) is 9.55 Å². The third-order valence-corrected chi connectivity index (χ3v) is 5.53. The molecule has 0 aliphatic heterocycles. The molecule has 0 saturated carbocycles. The number of nitrogens with zero attached hydrogens (tertiary/aromatic N) is 2. The Morgan fingerprint density at radius 3 is 2.42 bits per heavy atom. The van der Waals surface area contributed by atoms with E-state index in [1.807, 2.05) is 24.4 Å². The highest BCUT2D eigenvalue weighted by molar-refractivity contribution is 7.17. The third kappa shape index (κ3) is 3.05. The molecule has 2 heterocycles. The molecular weight excluding hydrogens is 348 g/mol. The number of rotatable bonds is 5. The SMILES string of the molecule is CCc1nc2scc(-c3ccc(C(C)C)cc3)c2c(=O)n1C(C)C(=O)O. The normalized spacial score (nSPS) is 12.7. The van der Waals surface area contributed by atoms with Gasteiger partial charge in [-0.3, -0.25) is 9.36 Å². The number of carboxylic acids is 1. The van der Waals surface area contributed by atoms with Gasteiger partial charge in [0.2, 0.25) is 0 Å². The molecule has 136 valence electrons. The maximum absolute atomic E-state index is 13.2. The van der Waals surface area contributed by atoms with Gasteiger partial charge in [0.1, 0.15) is 16.7 Å². The summed E-state index contributed by atoms with van der Waals surface area (Å²) in [5.74, 6) is -0.104. The lowest BCUT2D eigenvalue weighted by Gasteiger charge is -2.15. The van der Waals surface area contributed by atoms with Gasteiger partial charge in [0, 0.05) is 17.4 Å². The number of aryl methyl sites for hydroxylation is 1. The van der Waals surface area contributed by atoms with E-state index in [1.54, 1.807) is 0 Å². The second kappa shape index (κ2) is 7.03. The molecule has 0 saturated heterocycles. The molecule has 1 aromatic carbocycles. The highest BCUT2D eigenvalue weighted by Crippen LogP contribution is 2.32. The van der Waals surface area contributed by atoms with Crippen molar-refractivity contribution >= 4 is 27.5 Å². The van der Waals surface area contributed by atoms with Crippen molar-refractivity contribution in [3.8, 4) is 11.1 Å². The summed E-state index contributed by atoms with van der Waals surface area (Å²) < 4.78 is 1.31. The second-order valence-electron chi connectivity index (χ2n) is 6.68. The molecule has 2 aromatic heterocycles. The Bertz CT molecular complexity index is 1020. The molecule has 26 heavy (non-hydrogen) atoms. The van der Waals surface area contributed by atoms with Crippen molar-refractivity contribution in [3.63, 3.8) is 0 Å². The van der Waals surface area contributed by atoms with Crippen molar-refractivity contribution in [3.05, 3.63) is 51.4 Å². The highest BCUT2D eigenvalue weighted by atomic mass is 32.1. The zero-order chi connectivity index (χ0) is 19.0. The Labute approximate surface area is 155 Å². The fourth-order valence-corrected chi connectivity index (χ4v) is 4.02. The van der Waals surface area contributed by atoms with Gasteiger partial charge in [0.05, 0.1) is 5.39 Å². The van der Waals surface area contributed by atoms with E-state index < -0.39 is 12.0 Å². The van der Waals surface area contributed by atoms with Crippen LogP contribution in [0.4, 0.5) is 0 Å². The largest absolute Gasteiger partial charge is 0.480 e. The van der Waals surface area contributed by atoms with Gasteiger partial charge in [0.15, 0.2) is 0 Å². The molecule has 1 unspecified atom stereocenters. The molecule has 3 aromatic rings. The Hall–Kier alpha value is -2.47. The van der Waals surface area contributed by atoms with Crippen LogP contribution in [0.2, 0.25) is 0 Å². The van der Waals surface area contributed by atoms with E-state index >= 15 is 0 Å². The number of hydrogen-bond acceptors (Lipinski definition) is 4. The predicted octanol–water partition coefficient (Wildman–Crippen LogP) is 4.46. The van der Waals surface area contributed by atoms with Crippen LogP contribution >= 0.6 is 11.3 Å². The van der Waals surface area contributed by atoms with E-state index in [-0.39, 0.29) is 5.56 Å². The van der Waals surface area contributed by atoms with E-state index in [4.69, 9.17) is 0 Å². The van der Waals surface area contributed by atoms with Crippen LogP contribution in [0.15, 0.2) is 34.4 Å². The number of aliphatic carboxylic acids is 1. The van der Waals surface area contributed by atoms with Crippen molar-refractivity contribution < 1.29 is 9.90 Å². The summed E-state index contributed by atoms with van der Waals surface area (Å²) in [4.78, 5) is 29.8. The number of hydrogen-bond donors (Lipinski definition) is 1. The minimum atomic E-state index is -1.04. The van der Waals surface area contributed by atoms with E-state index in [2.05, 4.69) is 31.0 Å². The average molecular weight is 370 g/mol. The van der Waals surface area contributed by atoms with Crippen LogP contribution in [-0.4, -0.2) is 20.6 Å². The third-order valence-electron chi connectivity index (χ3n) is 4.66. The summed E-state index contributed by atoms with van der Waals surface area (Å²) in [6, 6.07) is 7.19. The highest BCUT2D eigenvalue weighted by Gasteiger charge is 2.22. The van der Waals surface area contributed by atoms with E-state index in [9.17, 15) is 14.7 Å². The number of benzene rings is 1. The summed E-state index contributed by atoms with van der Waals surface area (Å²) in [6.07, 6.45) is 0.499. The fraction of sp³-hybridized carbons (Fsp3) is 0.350. The number of fused-ring (bicyclic) bond motifs is 1. The van der Waals surface area contributed by atoms with Crippen molar-refractivity contribution in [2.24, 2.45) is 0 Å². The standard InChI is InChI=1S/C20H22N2O3S/c1-5-16-21-18-17(19(23)22(16)12(4)20(24)25)15(10-26-18)14-8-6-13(7-9-14)11(2)3/h6-12H,5H2,1-4H3,(H,24,25). The second-order valence-corrected chi connectivity index (χ2v) is 7.54. The number of thiophene rings is 1. The van der Waals surface area contributed by atoms with E-state index in [0.717, 1.165) is 11.1 Å². The quantitative estimate of drug-likeness (QED) is 0.720. The minimum Gasteiger partial charge on any atom is -0.480 e. The molecule has 0 bridgehead atoms. The number of carbonyl (C=O) groups is 1. The fourth-order valence-electron chi connectivity index (χ4n) is 3.06. The monoisotopic (exact) mass is 370 g/mol. The van der Waals surface area contributed by atoms with Gasteiger partial charge < -0.3 is 5.11 Å². The first-order valence-corrected chi connectivity index (χ1v) is 9.58. The van der Waals surface area contributed by atoms with E-state index in [0.29, 0.717) is 28.4 Å². The molecular formula is C20H22N2O3S. The average Bonchev–Trinajstić information content (AvgIpc) is 3.05. The molecule has 6 heteroatoms. The van der Waals surface area contributed by atoms with Gasteiger partial charge in [-0.25, -0.2) is 9.78 Å². The molecule has 0 radical (unpaired) electrons. The zero-order valence-corrected chi connectivity index (χ0v) is 16.1. The first kappa shape index (κ1) is 18.3. The zero-order valence-electron chi connectivity index (χ0n) is 15.3. The lowest BCUT2D eigenvalue weighted by atomic mass is 9.99. The predicted molar refractivity (Wildman–Crippen MR) is 105 cm³/mol.